The van der Waals surface area contributed by atoms with Crippen molar-refractivity contribution in [1.82, 2.24) is 14.9 Å². The number of nitrogens with one attached hydrogen (secondary N) is 1. The Morgan fingerprint density at radius 2 is 2.10 bits per heavy atom. The number of rotatable bonds is 6. The molecule has 1 fully saturated rings. The number of hydrogen-bond donors (Lipinski definition) is 1. The molecule has 0 bridgehead atoms. The minimum Gasteiger partial charge on any atom is -0.360 e. The summed E-state index contributed by atoms with van der Waals surface area (Å²) in [5, 5.41) is 0. The third kappa shape index (κ3) is 3.46. The molecular weight excluding hydrogens is 258 g/mol. The largest absolute Gasteiger partial charge is 0.360 e. The van der Waals surface area contributed by atoms with Crippen LogP contribution in [0.3, 0.4) is 0 Å². The SMILES string of the molecule is CCCCCCN1CCC(c2c[nH]c3cccnc23)CC1. The maximum Gasteiger partial charge on any atom is 0.0913 e. The Morgan fingerprint density at radius 1 is 1.24 bits per heavy atom. The maximum absolute atomic E-state index is 4.56. The lowest BCUT2D eigenvalue weighted by atomic mass is 9.90. The number of pyridine rings is 1. The van der Waals surface area contributed by atoms with Gasteiger partial charge in [0.15, 0.2) is 0 Å². The first-order valence-corrected chi connectivity index (χ1v) is 8.53. The van der Waals surface area contributed by atoms with Crippen molar-refractivity contribution in [3.8, 4) is 0 Å². The van der Waals surface area contributed by atoms with E-state index in [1.54, 1.807) is 0 Å². The lowest BCUT2D eigenvalue weighted by Crippen LogP contribution is -2.33. The van der Waals surface area contributed by atoms with Crippen LogP contribution in [0, 0.1) is 0 Å². The average Bonchev–Trinajstić information content (AvgIpc) is 2.96. The fourth-order valence-corrected chi connectivity index (χ4v) is 3.52. The number of likely N-dealkylation sites (tertiary alicyclic amines) is 1. The highest BCUT2D eigenvalue weighted by Crippen LogP contribution is 2.32. The number of hydrogen-bond acceptors (Lipinski definition) is 2. The van der Waals surface area contributed by atoms with Crippen LogP contribution < -0.4 is 0 Å². The molecule has 1 N–H and O–H groups in total. The van der Waals surface area contributed by atoms with Crippen molar-refractivity contribution in [2.24, 2.45) is 0 Å². The topological polar surface area (TPSA) is 31.9 Å². The summed E-state index contributed by atoms with van der Waals surface area (Å²) in [5.41, 5.74) is 3.78. The van der Waals surface area contributed by atoms with E-state index in [0.29, 0.717) is 5.92 Å². The summed E-state index contributed by atoms with van der Waals surface area (Å²) in [5.74, 6) is 0.681. The first kappa shape index (κ1) is 14.6. The molecule has 114 valence electrons. The van der Waals surface area contributed by atoms with E-state index >= 15 is 0 Å². The van der Waals surface area contributed by atoms with Crippen LogP contribution in [0.1, 0.15) is 56.9 Å². The maximum atomic E-state index is 4.56. The van der Waals surface area contributed by atoms with Gasteiger partial charge in [0.25, 0.3) is 0 Å². The van der Waals surface area contributed by atoms with Crippen molar-refractivity contribution in [2.45, 2.75) is 51.4 Å². The van der Waals surface area contributed by atoms with Gasteiger partial charge in [0.2, 0.25) is 0 Å². The van der Waals surface area contributed by atoms with Crippen molar-refractivity contribution < 1.29 is 0 Å². The van der Waals surface area contributed by atoms with Gasteiger partial charge in [-0.2, -0.15) is 0 Å². The Hall–Kier alpha value is -1.35. The van der Waals surface area contributed by atoms with Crippen LogP contribution in [0.15, 0.2) is 24.5 Å². The fraction of sp³-hybridized carbons (Fsp3) is 0.611. The molecule has 1 saturated heterocycles. The molecule has 1 aliphatic rings. The Balaban J connectivity index is 1.54. The van der Waals surface area contributed by atoms with Gasteiger partial charge in [0.05, 0.1) is 11.0 Å². The molecule has 2 aromatic rings. The molecule has 2 aromatic heterocycles. The highest BCUT2D eigenvalue weighted by molar-refractivity contribution is 5.79. The van der Waals surface area contributed by atoms with Gasteiger partial charge < -0.3 is 9.88 Å². The van der Waals surface area contributed by atoms with Crippen LogP contribution in [-0.2, 0) is 0 Å². The predicted octanol–water partition coefficient (Wildman–Crippen LogP) is 4.32. The smallest absolute Gasteiger partial charge is 0.0913 e. The number of aromatic nitrogens is 2. The highest BCUT2D eigenvalue weighted by Gasteiger charge is 2.22. The van der Waals surface area contributed by atoms with E-state index < -0.39 is 0 Å². The molecule has 0 spiro atoms. The summed E-state index contributed by atoms with van der Waals surface area (Å²) >= 11 is 0. The summed E-state index contributed by atoms with van der Waals surface area (Å²) in [6.45, 7) is 6.06. The van der Waals surface area contributed by atoms with Gasteiger partial charge in [0, 0.05) is 12.4 Å². The van der Waals surface area contributed by atoms with Gasteiger partial charge >= 0.3 is 0 Å². The van der Waals surface area contributed by atoms with Crippen LogP contribution in [0.5, 0.6) is 0 Å². The average molecular weight is 285 g/mol. The van der Waals surface area contributed by atoms with Crippen molar-refractivity contribution >= 4 is 11.0 Å². The second kappa shape index (κ2) is 7.08. The molecule has 0 aliphatic carbocycles. The first-order chi connectivity index (χ1) is 10.4. The van der Waals surface area contributed by atoms with Crippen LogP contribution in [-0.4, -0.2) is 34.5 Å². The van der Waals surface area contributed by atoms with Gasteiger partial charge in [-0.25, -0.2) is 0 Å². The Bertz CT molecular complexity index is 552. The molecule has 0 amide bonds. The molecule has 3 rings (SSSR count). The second-order valence-electron chi connectivity index (χ2n) is 6.32. The van der Waals surface area contributed by atoms with Crippen LogP contribution in [0.4, 0.5) is 0 Å². The zero-order chi connectivity index (χ0) is 14.5. The minimum absolute atomic E-state index is 0.681. The van der Waals surface area contributed by atoms with E-state index in [1.165, 1.54) is 74.8 Å². The Kier molecular flexibility index (Phi) is 4.91. The summed E-state index contributed by atoms with van der Waals surface area (Å²) < 4.78 is 0. The second-order valence-corrected chi connectivity index (χ2v) is 6.32. The number of aromatic amines is 1. The standard InChI is InChI=1S/C18H27N3/c1-2-3-4-5-11-21-12-8-15(9-13-21)16-14-20-17-7-6-10-19-18(16)17/h6-7,10,14-15,20H,2-5,8-9,11-13H2,1H3. The third-order valence-corrected chi connectivity index (χ3v) is 4.82. The van der Waals surface area contributed by atoms with E-state index in [9.17, 15) is 0 Å². The van der Waals surface area contributed by atoms with Gasteiger partial charge in [-0.15, -0.1) is 0 Å². The highest BCUT2D eigenvalue weighted by atomic mass is 15.1. The van der Waals surface area contributed by atoms with Crippen molar-refractivity contribution in [3.63, 3.8) is 0 Å². The van der Waals surface area contributed by atoms with Crippen molar-refractivity contribution in [3.05, 3.63) is 30.1 Å². The van der Waals surface area contributed by atoms with E-state index in [1.807, 2.05) is 12.3 Å². The zero-order valence-corrected chi connectivity index (χ0v) is 13.1. The molecule has 0 aromatic carbocycles. The van der Waals surface area contributed by atoms with Gasteiger partial charge in [0.1, 0.15) is 0 Å². The number of fused-ring (bicyclic) bond motifs is 1. The van der Waals surface area contributed by atoms with Gasteiger partial charge in [-0.1, -0.05) is 26.2 Å². The normalized spacial score (nSPS) is 17.6. The fourth-order valence-electron chi connectivity index (χ4n) is 3.52. The van der Waals surface area contributed by atoms with E-state index in [2.05, 4.69) is 34.1 Å². The molecule has 0 radical (unpaired) electrons. The molecule has 1 aliphatic heterocycles. The quantitative estimate of drug-likeness (QED) is 0.801. The first-order valence-electron chi connectivity index (χ1n) is 8.53. The van der Waals surface area contributed by atoms with Crippen molar-refractivity contribution in [2.75, 3.05) is 19.6 Å². The molecule has 3 heteroatoms. The van der Waals surface area contributed by atoms with Gasteiger partial charge in [-0.05, 0) is 62.5 Å². The van der Waals surface area contributed by atoms with Gasteiger partial charge in [-0.3, -0.25) is 4.98 Å². The molecular formula is C18H27N3. The molecule has 3 heterocycles. The number of piperidine rings is 1. The number of nitrogens with zero attached hydrogens (tertiary/aromatic N) is 2. The van der Waals surface area contributed by atoms with E-state index in [0.717, 1.165) is 0 Å². The summed E-state index contributed by atoms with van der Waals surface area (Å²) in [7, 11) is 0. The predicted molar refractivity (Wildman–Crippen MR) is 88.7 cm³/mol. The number of H-pyrrole nitrogens is 1. The molecule has 0 atom stereocenters. The number of unbranched alkanes of at least 4 members (excludes halogenated alkanes) is 3. The lowest BCUT2D eigenvalue weighted by Gasteiger charge is -2.31. The summed E-state index contributed by atoms with van der Waals surface area (Å²) in [6, 6.07) is 4.12. The van der Waals surface area contributed by atoms with E-state index in [4.69, 9.17) is 0 Å². The van der Waals surface area contributed by atoms with Crippen LogP contribution >= 0.6 is 0 Å². The monoisotopic (exact) mass is 285 g/mol. The third-order valence-electron chi connectivity index (χ3n) is 4.82. The molecule has 3 nitrogen and oxygen atoms in total. The van der Waals surface area contributed by atoms with Crippen LogP contribution in [0.25, 0.3) is 11.0 Å². The van der Waals surface area contributed by atoms with E-state index in [-0.39, 0.29) is 0 Å². The van der Waals surface area contributed by atoms with Crippen LogP contribution in [0.2, 0.25) is 0 Å². The molecule has 0 unspecified atom stereocenters. The zero-order valence-electron chi connectivity index (χ0n) is 13.1. The Morgan fingerprint density at radius 3 is 2.90 bits per heavy atom. The Labute approximate surface area is 127 Å². The minimum atomic E-state index is 0.681. The lowest BCUT2D eigenvalue weighted by molar-refractivity contribution is 0.208. The summed E-state index contributed by atoms with van der Waals surface area (Å²) in [6.07, 6.45) is 12.1. The van der Waals surface area contributed by atoms with Crippen molar-refractivity contribution in [1.29, 1.82) is 0 Å². The molecule has 21 heavy (non-hydrogen) atoms. The summed E-state index contributed by atoms with van der Waals surface area (Å²) in [4.78, 5) is 10.6. The molecule has 0 saturated carbocycles.